The van der Waals surface area contributed by atoms with Gasteiger partial charge in [-0.15, -0.1) is 11.8 Å². The molecular formula is C22H16OS. The summed E-state index contributed by atoms with van der Waals surface area (Å²) in [6, 6.07) is 27.5. The lowest BCUT2D eigenvalue weighted by Gasteiger charge is -2.02. The molecule has 0 aliphatic rings. The molecule has 2 heteroatoms. The van der Waals surface area contributed by atoms with Crippen LogP contribution in [-0.2, 0) is 5.75 Å². The van der Waals surface area contributed by atoms with Crippen LogP contribution in [0.5, 0.6) is 0 Å². The highest BCUT2D eigenvalue weighted by molar-refractivity contribution is 7.98. The third-order valence-electron chi connectivity index (χ3n) is 3.46. The zero-order chi connectivity index (χ0) is 16.6. The van der Waals surface area contributed by atoms with E-state index in [9.17, 15) is 4.79 Å². The summed E-state index contributed by atoms with van der Waals surface area (Å²) in [6.45, 7) is 0. The SMILES string of the molecule is O=C(C#Cc1ccc(CSc2ccccc2)cc1)c1ccccc1. The second-order valence-corrected chi connectivity index (χ2v) is 6.29. The van der Waals surface area contributed by atoms with Crippen molar-refractivity contribution >= 4 is 17.5 Å². The Bertz CT molecular complexity index is 857. The second-order valence-electron chi connectivity index (χ2n) is 5.24. The summed E-state index contributed by atoms with van der Waals surface area (Å²) in [4.78, 5) is 13.2. The first-order valence-electron chi connectivity index (χ1n) is 7.69. The lowest BCUT2D eigenvalue weighted by atomic mass is 10.1. The van der Waals surface area contributed by atoms with E-state index in [1.54, 1.807) is 23.9 Å². The fourth-order valence-electron chi connectivity index (χ4n) is 2.16. The van der Waals surface area contributed by atoms with Gasteiger partial charge in [0, 0.05) is 21.8 Å². The van der Waals surface area contributed by atoms with Gasteiger partial charge in [0.05, 0.1) is 0 Å². The van der Waals surface area contributed by atoms with Crippen LogP contribution in [-0.4, -0.2) is 5.78 Å². The van der Waals surface area contributed by atoms with Gasteiger partial charge >= 0.3 is 0 Å². The lowest BCUT2D eigenvalue weighted by Crippen LogP contribution is -1.93. The molecule has 0 saturated heterocycles. The molecule has 0 radical (unpaired) electrons. The molecule has 0 saturated carbocycles. The van der Waals surface area contributed by atoms with Crippen LogP contribution in [0.15, 0.2) is 89.8 Å². The molecule has 0 N–H and O–H groups in total. The van der Waals surface area contributed by atoms with Gasteiger partial charge in [-0.1, -0.05) is 66.6 Å². The fraction of sp³-hybridized carbons (Fsp3) is 0.0455. The van der Waals surface area contributed by atoms with E-state index in [0.717, 1.165) is 11.3 Å². The topological polar surface area (TPSA) is 17.1 Å². The Labute approximate surface area is 146 Å². The highest BCUT2D eigenvalue weighted by Gasteiger charge is 2.00. The molecule has 116 valence electrons. The molecule has 1 nitrogen and oxygen atoms in total. The molecule has 0 amide bonds. The third-order valence-corrected chi connectivity index (χ3v) is 4.54. The molecule has 0 fully saturated rings. The summed E-state index contributed by atoms with van der Waals surface area (Å²) in [5, 5.41) is 0. The normalized spacial score (nSPS) is 9.83. The van der Waals surface area contributed by atoms with Gasteiger partial charge in [0.2, 0.25) is 5.78 Å². The van der Waals surface area contributed by atoms with Gasteiger partial charge in [0.25, 0.3) is 0 Å². The van der Waals surface area contributed by atoms with Crippen LogP contribution in [0.2, 0.25) is 0 Å². The molecule has 0 aliphatic heterocycles. The summed E-state index contributed by atoms with van der Waals surface area (Å²) >= 11 is 1.80. The molecule has 0 unspecified atom stereocenters. The molecule has 3 rings (SSSR count). The van der Waals surface area contributed by atoms with Gasteiger partial charge in [-0.05, 0) is 35.7 Å². The van der Waals surface area contributed by atoms with Crippen molar-refractivity contribution in [3.05, 3.63) is 102 Å². The summed E-state index contributed by atoms with van der Waals surface area (Å²) in [7, 11) is 0. The van der Waals surface area contributed by atoms with Crippen molar-refractivity contribution in [2.75, 3.05) is 0 Å². The maximum absolute atomic E-state index is 12.0. The van der Waals surface area contributed by atoms with Crippen LogP contribution in [0.4, 0.5) is 0 Å². The first-order chi connectivity index (χ1) is 11.8. The van der Waals surface area contributed by atoms with Crippen molar-refractivity contribution < 1.29 is 4.79 Å². The smallest absolute Gasteiger partial charge is 0.236 e. The Morgan fingerprint density at radius 1 is 0.792 bits per heavy atom. The van der Waals surface area contributed by atoms with E-state index >= 15 is 0 Å². The van der Waals surface area contributed by atoms with Gasteiger partial charge in [0.1, 0.15) is 0 Å². The van der Waals surface area contributed by atoms with Gasteiger partial charge in [-0.25, -0.2) is 0 Å². The Hall–Kier alpha value is -2.76. The summed E-state index contributed by atoms with van der Waals surface area (Å²) in [5.74, 6) is 6.40. The van der Waals surface area contributed by atoms with Gasteiger partial charge in [0.15, 0.2) is 0 Å². The van der Waals surface area contributed by atoms with Crippen LogP contribution in [0.3, 0.4) is 0 Å². The molecule has 0 bridgehead atoms. The molecule has 3 aromatic carbocycles. The van der Waals surface area contributed by atoms with E-state index in [4.69, 9.17) is 0 Å². The molecule has 0 heterocycles. The average molecular weight is 328 g/mol. The lowest BCUT2D eigenvalue weighted by molar-refractivity contribution is 0.105. The van der Waals surface area contributed by atoms with E-state index in [0.29, 0.717) is 5.56 Å². The Balaban J connectivity index is 1.61. The quantitative estimate of drug-likeness (QED) is 0.371. The van der Waals surface area contributed by atoms with Crippen molar-refractivity contribution in [3.63, 3.8) is 0 Å². The van der Waals surface area contributed by atoms with Crippen LogP contribution in [0, 0.1) is 11.8 Å². The molecule has 3 aromatic rings. The van der Waals surface area contributed by atoms with Crippen LogP contribution >= 0.6 is 11.8 Å². The Kier molecular flexibility index (Phi) is 5.50. The largest absolute Gasteiger partial charge is 0.279 e. The van der Waals surface area contributed by atoms with Crippen molar-refractivity contribution in [2.24, 2.45) is 0 Å². The fourth-order valence-corrected chi connectivity index (χ4v) is 3.03. The summed E-state index contributed by atoms with van der Waals surface area (Å²) in [5.41, 5.74) is 2.72. The molecule has 24 heavy (non-hydrogen) atoms. The number of ketones is 1. The van der Waals surface area contributed by atoms with E-state index in [1.807, 2.05) is 48.5 Å². The number of thioether (sulfide) groups is 1. The van der Waals surface area contributed by atoms with E-state index in [1.165, 1.54) is 10.5 Å². The van der Waals surface area contributed by atoms with Crippen LogP contribution in [0.25, 0.3) is 0 Å². The second kappa shape index (κ2) is 8.19. The zero-order valence-electron chi connectivity index (χ0n) is 13.1. The Morgan fingerprint density at radius 2 is 1.42 bits per heavy atom. The summed E-state index contributed by atoms with van der Waals surface area (Å²) < 4.78 is 0. The molecule has 0 spiro atoms. The third kappa shape index (κ3) is 4.62. The number of hydrogen-bond donors (Lipinski definition) is 0. The standard InChI is InChI=1S/C22H16OS/c23-22(20-7-3-1-4-8-20)16-15-18-11-13-19(14-12-18)17-24-21-9-5-2-6-10-21/h1-14H,17H2. The number of hydrogen-bond acceptors (Lipinski definition) is 2. The van der Waals surface area contributed by atoms with Crippen LogP contribution in [0.1, 0.15) is 21.5 Å². The minimum absolute atomic E-state index is 0.153. The maximum atomic E-state index is 12.0. The molecule has 0 atom stereocenters. The van der Waals surface area contributed by atoms with Crippen molar-refractivity contribution in [1.82, 2.24) is 0 Å². The van der Waals surface area contributed by atoms with Crippen LogP contribution < -0.4 is 0 Å². The zero-order valence-corrected chi connectivity index (χ0v) is 13.9. The van der Waals surface area contributed by atoms with E-state index in [-0.39, 0.29) is 5.78 Å². The highest BCUT2D eigenvalue weighted by Crippen LogP contribution is 2.22. The van der Waals surface area contributed by atoms with E-state index in [2.05, 4.69) is 36.1 Å². The molecular weight excluding hydrogens is 312 g/mol. The first kappa shape index (κ1) is 16.1. The predicted octanol–water partition coefficient (Wildman–Crippen LogP) is 5.21. The van der Waals surface area contributed by atoms with Crippen molar-refractivity contribution in [2.45, 2.75) is 10.6 Å². The monoisotopic (exact) mass is 328 g/mol. The average Bonchev–Trinajstić information content (AvgIpc) is 2.67. The predicted molar refractivity (Wildman–Crippen MR) is 100 cm³/mol. The van der Waals surface area contributed by atoms with E-state index < -0.39 is 0 Å². The van der Waals surface area contributed by atoms with Crippen molar-refractivity contribution in [1.29, 1.82) is 0 Å². The number of carbonyl (C=O) groups is 1. The van der Waals surface area contributed by atoms with Crippen molar-refractivity contribution in [3.8, 4) is 11.8 Å². The highest BCUT2D eigenvalue weighted by atomic mass is 32.2. The minimum Gasteiger partial charge on any atom is -0.279 e. The number of carbonyl (C=O) groups excluding carboxylic acids is 1. The van der Waals surface area contributed by atoms with Gasteiger partial charge in [-0.3, -0.25) is 4.79 Å². The summed E-state index contributed by atoms with van der Waals surface area (Å²) in [6.07, 6.45) is 0. The molecule has 0 aromatic heterocycles. The number of benzene rings is 3. The molecule has 0 aliphatic carbocycles. The van der Waals surface area contributed by atoms with Gasteiger partial charge < -0.3 is 0 Å². The van der Waals surface area contributed by atoms with Gasteiger partial charge in [-0.2, -0.15) is 0 Å². The minimum atomic E-state index is -0.153. The maximum Gasteiger partial charge on any atom is 0.236 e. The number of rotatable bonds is 4. The first-order valence-corrected chi connectivity index (χ1v) is 8.68. The Morgan fingerprint density at radius 3 is 2.08 bits per heavy atom. The number of Topliss-reactive ketones (excluding diaryl/α,β-unsaturated/α-hetero) is 1.